The van der Waals surface area contributed by atoms with Crippen LogP contribution in [0.4, 0.5) is 0 Å². The van der Waals surface area contributed by atoms with Gasteiger partial charge in [0, 0.05) is 11.3 Å². The molecular formula is C28H27NOP2. The van der Waals surface area contributed by atoms with Crippen LogP contribution in [-0.4, -0.2) is 17.8 Å². The molecule has 0 amide bonds. The molecule has 4 heteroatoms. The molecule has 1 heterocycles. The number of likely N-dealkylation sites (N-methyl/N-ethyl adjacent to an activating group) is 1. The molecule has 4 aromatic carbocycles. The summed E-state index contributed by atoms with van der Waals surface area (Å²) in [7, 11) is 0.648. The summed E-state index contributed by atoms with van der Waals surface area (Å²) in [6.45, 7) is 2.28. The SMILES string of the molecule is C[C@H]1[C@@H](c2ccccc2)OP(c2ccccc2P(c2ccccc2)c2ccccc2)N1C. The molecule has 0 bridgehead atoms. The first-order valence-electron chi connectivity index (χ1n) is 11.0. The minimum absolute atomic E-state index is 0.0834. The fourth-order valence-electron chi connectivity index (χ4n) is 4.24. The lowest BCUT2D eigenvalue weighted by Gasteiger charge is -2.27. The van der Waals surface area contributed by atoms with Gasteiger partial charge in [0.1, 0.15) is 14.4 Å². The van der Waals surface area contributed by atoms with Crippen LogP contribution in [0, 0.1) is 0 Å². The van der Waals surface area contributed by atoms with Gasteiger partial charge >= 0.3 is 0 Å². The predicted molar refractivity (Wildman–Crippen MR) is 139 cm³/mol. The van der Waals surface area contributed by atoms with Crippen LogP contribution in [0.25, 0.3) is 0 Å². The summed E-state index contributed by atoms with van der Waals surface area (Å²) in [5.74, 6) is 0. The molecule has 160 valence electrons. The smallest absolute Gasteiger partial charge is 0.139 e. The highest BCUT2D eigenvalue weighted by atomic mass is 31.2. The Morgan fingerprint density at radius 2 is 1.19 bits per heavy atom. The molecule has 1 unspecified atom stereocenters. The highest BCUT2D eigenvalue weighted by molar-refractivity contribution is 7.81. The number of hydrogen-bond donors (Lipinski definition) is 0. The highest BCUT2D eigenvalue weighted by Crippen LogP contribution is 2.55. The molecule has 1 fully saturated rings. The Labute approximate surface area is 193 Å². The second-order valence-corrected chi connectivity index (χ2v) is 12.1. The van der Waals surface area contributed by atoms with Crippen molar-refractivity contribution in [3.05, 3.63) is 121 Å². The summed E-state index contributed by atoms with van der Waals surface area (Å²) in [5.41, 5.74) is 1.25. The van der Waals surface area contributed by atoms with Crippen molar-refractivity contribution in [2.75, 3.05) is 7.05 Å². The van der Waals surface area contributed by atoms with E-state index >= 15 is 0 Å². The number of nitrogens with zero attached hydrogens (tertiary/aromatic N) is 1. The summed E-state index contributed by atoms with van der Waals surface area (Å²) in [4.78, 5) is 0. The Morgan fingerprint density at radius 1 is 0.688 bits per heavy atom. The molecule has 0 spiro atoms. The summed E-state index contributed by atoms with van der Waals surface area (Å²) in [6, 6.07) is 41.7. The molecule has 5 rings (SSSR count). The van der Waals surface area contributed by atoms with E-state index in [1.807, 2.05) is 0 Å². The summed E-state index contributed by atoms with van der Waals surface area (Å²) >= 11 is 0. The molecule has 0 aromatic heterocycles. The predicted octanol–water partition coefficient (Wildman–Crippen LogP) is 5.47. The molecule has 3 atom stereocenters. The second-order valence-electron chi connectivity index (χ2n) is 8.02. The van der Waals surface area contributed by atoms with Crippen LogP contribution in [0.15, 0.2) is 115 Å². The van der Waals surface area contributed by atoms with Gasteiger partial charge in [0.2, 0.25) is 0 Å². The standard InChI is InChI=1S/C28H27NOP2/c1-22-28(23-14-6-3-7-15-23)30-32(29(22)2)27-21-13-12-20-26(27)31(24-16-8-4-9-17-24)25-18-10-5-11-19-25/h3-22,28H,1-2H3/t22-,28-,32?/m0/s1. The molecule has 2 nitrogen and oxygen atoms in total. The molecule has 4 aromatic rings. The van der Waals surface area contributed by atoms with Gasteiger partial charge in [0.05, 0.1) is 0 Å². The molecule has 1 aliphatic heterocycles. The van der Waals surface area contributed by atoms with Crippen LogP contribution in [0.3, 0.4) is 0 Å². The van der Waals surface area contributed by atoms with Gasteiger partial charge in [-0.05, 0) is 43.4 Å². The average molecular weight is 455 g/mol. The maximum absolute atomic E-state index is 6.82. The quantitative estimate of drug-likeness (QED) is 0.370. The lowest BCUT2D eigenvalue weighted by atomic mass is 10.0. The van der Waals surface area contributed by atoms with Crippen LogP contribution < -0.4 is 21.2 Å². The highest BCUT2D eigenvalue weighted by Gasteiger charge is 2.41. The minimum Gasteiger partial charge on any atom is -0.330 e. The van der Waals surface area contributed by atoms with Crippen molar-refractivity contribution < 1.29 is 4.52 Å². The van der Waals surface area contributed by atoms with Crippen molar-refractivity contribution >= 4 is 37.4 Å². The van der Waals surface area contributed by atoms with Gasteiger partial charge in [-0.25, -0.2) is 0 Å². The molecule has 32 heavy (non-hydrogen) atoms. The normalized spacial score (nSPS) is 21.2. The Balaban J connectivity index is 1.59. The van der Waals surface area contributed by atoms with Gasteiger partial charge in [-0.15, -0.1) is 0 Å². The van der Waals surface area contributed by atoms with Crippen LogP contribution in [0.2, 0.25) is 0 Å². The van der Waals surface area contributed by atoms with E-state index in [1.54, 1.807) is 0 Å². The third-order valence-corrected chi connectivity index (χ3v) is 10.9. The number of rotatable bonds is 5. The van der Waals surface area contributed by atoms with Crippen LogP contribution >= 0.6 is 16.2 Å². The van der Waals surface area contributed by atoms with Crippen molar-refractivity contribution in [2.45, 2.75) is 19.1 Å². The maximum atomic E-state index is 6.82. The number of hydrogen-bond acceptors (Lipinski definition) is 2. The van der Waals surface area contributed by atoms with E-state index in [4.69, 9.17) is 4.52 Å². The maximum Gasteiger partial charge on any atom is 0.139 e. The molecular weight excluding hydrogens is 428 g/mol. The topological polar surface area (TPSA) is 12.5 Å². The van der Waals surface area contributed by atoms with E-state index < -0.39 is 16.2 Å². The first-order valence-corrected chi connectivity index (χ1v) is 13.5. The van der Waals surface area contributed by atoms with Gasteiger partial charge in [0.25, 0.3) is 0 Å². The molecule has 0 aliphatic carbocycles. The Hall–Kier alpha value is -2.34. The molecule has 0 N–H and O–H groups in total. The van der Waals surface area contributed by atoms with Gasteiger partial charge in [0.15, 0.2) is 0 Å². The van der Waals surface area contributed by atoms with E-state index in [1.165, 1.54) is 26.8 Å². The zero-order valence-corrected chi connectivity index (χ0v) is 20.2. The Kier molecular flexibility index (Phi) is 6.49. The van der Waals surface area contributed by atoms with Crippen molar-refractivity contribution in [3.8, 4) is 0 Å². The number of benzene rings is 4. The average Bonchev–Trinajstić information content (AvgIpc) is 3.16. The van der Waals surface area contributed by atoms with Gasteiger partial charge in [-0.1, -0.05) is 115 Å². The first kappa shape index (κ1) is 21.5. The van der Waals surface area contributed by atoms with E-state index in [2.05, 4.69) is 134 Å². The fourth-order valence-corrected chi connectivity index (χ4v) is 9.18. The van der Waals surface area contributed by atoms with Gasteiger partial charge in [-0.3, -0.25) is 4.67 Å². The van der Waals surface area contributed by atoms with Gasteiger partial charge < -0.3 is 4.52 Å². The zero-order valence-electron chi connectivity index (χ0n) is 18.4. The lowest BCUT2D eigenvalue weighted by molar-refractivity contribution is 0.218. The molecule has 0 saturated carbocycles. The molecule has 1 aliphatic rings. The zero-order chi connectivity index (χ0) is 21.9. The van der Waals surface area contributed by atoms with Crippen molar-refractivity contribution in [3.63, 3.8) is 0 Å². The van der Waals surface area contributed by atoms with Crippen LogP contribution in [-0.2, 0) is 4.52 Å². The second kappa shape index (κ2) is 9.65. The van der Waals surface area contributed by atoms with Crippen molar-refractivity contribution in [2.24, 2.45) is 0 Å². The largest absolute Gasteiger partial charge is 0.330 e. The van der Waals surface area contributed by atoms with Gasteiger partial charge in [-0.2, -0.15) is 0 Å². The summed E-state index contributed by atoms with van der Waals surface area (Å²) < 4.78 is 9.26. The van der Waals surface area contributed by atoms with Crippen LogP contribution in [0.5, 0.6) is 0 Å². The summed E-state index contributed by atoms with van der Waals surface area (Å²) in [5, 5.41) is 5.45. The van der Waals surface area contributed by atoms with E-state index in [0.29, 0.717) is 6.04 Å². The van der Waals surface area contributed by atoms with Crippen molar-refractivity contribution in [1.29, 1.82) is 0 Å². The third kappa shape index (κ3) is 4.17. The minimum atomic E-state index is -0.888. The van der Waals surface area contributed by atoms with Crippen LogP contribution in [0.1, 0.15) is 18.6 Å². The molecule has 0 radical (unpaired) electrons. The Morgan fingerprint density at radius 3 is 1.78 bits per heavy atom. The van der Waals surface area contributed by atoms with Crippen molar-refractivity contribution in [1.82, 2.24) is 4.67 Å². The first-order chi connectivity index (χ1) is 15.7. The summed E-state index contributed by atoms with van der Waals surface area (Å²) in [6.07, 6.45) is 0.0834. The third-order valence-electron chi connectivity index (χ3n) is 6.01. The van der Waals surface area contributed by atoms with E-state index in [9.17, 15) is 0 Å². The van der Waals surface area contributed by atoms with E-state index in [-0.39, 0.29) is 6.10 Å². The molecule has 1 saturated heterocycles. The lowest BCUT2D eigenvalue weighted by Crippen LogP contribution is -2.33. The fraction of sp³-hybridized carbons (Fsp3) is 0.143. The van der Waals surface area contributed by atoms with E-state index in [0.717, 1.165) is 0 Å². The monoisotopic (exact) mass is 455 g/mol. The Bertz CT molecular complexity index is 1110.